The van der Waals surface area contributed by atoms with Crippen LogP contribution in [0.1, 0.15) is 30.9 Å². The number of fused-ring (bicyclic) bond motifs is 1. The standard InChI is InChI=1S/C55H44N4O2S4/c1-3-10-37-15-24-43(25-16-37)58(41-11-6-4-7-12-41)45-28-20-39(21-29-45)47-32-34-49(62-47)52-56-54-55(64-52)57-53(65-54)50-35-33-48(63-50)40-22-30-46(31-23-40)59(42-13-8-5-9-14-42)44-26-17-38(18-27-44)19-36-51(60)61-2/h4-9,11-18,20-35H,3,10,19,36H2,1-2H3. The summed E-state index contributed by atoms with van der Waals surface area (Å²) in [7, 11) is 1.43. The number of hydrogen-bond donors (Lipinski definition) is 0. The van der Waals surface area contributed by atoms with Gasteiger partial charge in [-0.1, -0.05) is 121 Å². The van der Waals surface area contributed by atoms with Crippen LogP contribution in [0.2, 0.25) is 0 Å². The van der Waals surface area contributed by atoms with Crippen LogP contribution in [0.3, 0.4) is 0 Å². The van der Waals surface area contributed by atoms with Gasteiger partial charge in [0.1, 0.15) is 10.0 Å². The van der Waals surface area contributed by atoms with Gasteiger partial charge in [0, 0.05) is 50.3 Å². The Labute approximate surface area is 395 Å². The molecule has 10 heteroatoms. The van der Waals surface area contributed by atoms with Crippen LogP contribution in [-0.4, -0.2) is 23.0 Å². The highest BCUT2D eigenvalue weighted by atomic mass is 32.1. The van der Waals surface area contributed by atoms with Gasteiger partial charge in [0.05, 0.1) is 16.9 Å². The molecule has 10 rings (SSSR count). The summed E-state index contributed by atoms with van der Waals surface area (Å²) >= 11 is 6.85. The Morgan fingerprint density at radius 3 is 1.22 bits per heavy atom. The number of aryl methyl sites for hydroxylation is 2. The van der Waals surface area contributed by atoms with E-state index in [9.17, 15) is 4.79 Å². The van der Waals surface area contributed by atoms with Crippen molar-refractivity contribution in [3.05, 3.63) is 193 Å². The zero-order chi connectivity index (χ0) is 44.1. The molecule has 320 valence electrons. The highest BCUT2D eigenvalue weighted by Crippen LogP contribution is 2.44. The zero-order valence-corrected chi connectivity index (χ0v) is 39.2. The van der Waals surface area contributed by atoms with E-state index in [0.29, 0.717) is 12.8 Å². The number of thiazole rings is 2. The van der Waals surface area contributed by atoms with Crippen molar-refractivity contribution in [3.8, 4) is 40.7 Å². The highest BCUT2D eigenvalue weighted by Gasteiger charge is 2.19. The number of carbonyl (C=O) groups is 1. The van der Waals surface area contributed by atoms with E-state index in [4.69, 9.17) is 14.7 Å². The summed E-state index contributed by atoms with van der Waals surface area (Å²) in [4.78, 5) is 33.1. The van der Waals surface area contributed by atoms with Gasteiger partial charge in [-0.15, -0.1) is 22.7 Å². The van der Waals surface area contributed by atoms with Crippen molar-refractivity contribution in [1.82, 2.24) is 9.97 Å². The van der Waals surface area contributed by atoms with E-state index in [1.54, 1.807) is 45.3 Å². The lowest BCUT2D eigenvalue weighted by atomic mass is 10.1. The fourth-order valence-corrected chi connectivity index (χ4v) is 12.1. The van der Waals surface area contributed by atoms with E-state index in [0.717, 1.165) is 87.5 Å². The van der Waals surface area contributed by atoms with Crippen LogP contribution in [0.15, 0.2) is 182 Å². The van der Waals surface area contributed by atoms with E-state index >= 15 is 0 Å². The van der Waals surface area contributed by atoms with Crippen LogP contribution in [0, 0.1) is 0 Å². The number of methoxy groups -OCH3 is 1. The van der Waals surface area contributed by atoms with Crippen LogP contribution in [-0.2, 0) is 22.4 Å². The Balaban J connectivity index is 0.832. The van der Waals surface area contributed by atoms with Crippen LogP contribution < -0.4 is 9.80 Å². The van der Waals surface area contributed by atoms with E-state index in [2.05, 4.69) is 193 Å². The maximum Gasteiger partial charge on any atom is 0.305 e. The van der Waals surface area contributed by atoms with Gasteiger partial charge < -0.3 is 14.5 Å². The monoisotopic (exact) mass is 920 g/mol. The number of rotatable bonds is 15. The van der Waals surface area contributed by atoms with Gasteiger partial charge in [0.15, 0.2) is 9.66 Å². The number of thiophene rings is 2. The summed E-state index contributed by atoms with van der Waals surface area (Å²) in [5, 5.41) is 2.00. The third-order valence-electron chi connectivity index (χ3n) is 11.2. The predicted octanol–water partition coefficient (Wildman–Crippen LogP) is 16.5. The molecule has 0 radical (unpaired) electrons. The highest BCUT2D eigenvalue weighted by molar-refractivity contribution is 7.32. The Bertz CT molecular complexity index is 3120. The molecule has 4 heterocycles. The zero-order valence-electron chi connectivity index (χ0n) is 35.9. The van der Waals surface area contributed by atoms with E-state index in [-0.39, 0.29) is 5.97 Å². The third-order valence-corrected chi connectivity index (χ3v) is 15.9. The Hall–Kier alpha value is -6.69. The predicted molar refractivity (Wildman–Crippen MR) is 276 cm³/mol. The molecule has 6 nitrogen and oxygen atoms in total. The second kappa shape index (κ2) is 19.2. The second-order valence-electron chi connectivity index (χ2n) is 15.6. The number of esters is 1. The summed E-state index contributed by atoms with van der Waals surface area (Å²) in [6.07, 6.45) is 3.23. The van der Waals surface area contributed by atoms with Crippen molar-refractivity contribution in [2.45, 2.75) is 32.6 Å². The molecule has 0 atom stereocenters. The first-order chi connectivity index (χ1) is 32.0. The molecule has 0 fully saturated rings. The molecular formula is C55H44N4O2S4. The maximum absolute atomic E-state index is 11.7. The van der Waals surface area contributed by atoms with Crippen molar-refractivity contribution in [3.63, 3.8) is 0 Å². The van der Waals surface area contributed by atoms with Crippen LogP contribution >= 0.6 is 45.3 Å². The number of aromatic nitrogens is 2. The molecule has 65 heavy (non-hydrogen) atoms. The van der Waals surface area contributed by atoms with Crippen molar-refractivity contribution in [1.29, 1.82) is 0 Å². The van der Waals surface area contributed by atoms with Gasteiger partial charge in [-0.3, -0.25) is 4.79 Å². The topological polar surface area (TPSA) is 58.6 Å². The number of ether oxygens (including phenoxy) is 1. The second-order valence-corrected chi connectivity index (χ2v) is 19.7. The number of anilines is 6. The lowest BCUT2D eigenvalue weighted by Crippen LogP contribution is -2.10. The third kappa shape index (κ3) is 9.30. The molecule has 0 unspecified atom stereocenters. The molecule has 0 saturated carbocycles. The molecule has 6 aromatic carbocycles. The molecule has 10 aromatic rings. The molecule has 0 aliphatic heterocycles. The van der Waals surface area contributed by atoms with Crippen molar-refractivity contribution < 1.29 is 9.53 Å². The van der Waals surface area contributed by atoms with Gasteiger partial charge in [0.25, 0.3) is 0 Å². The normalized spacial score (nSPS) is 11.2. The summed E-state index contributed by atoms with van der Waals surface area (Å²) in [5.74, 6) is -0.200. The number of hydrogen-bond acceptors (Lipinski definition) is 10. The first-order valence-corrected chi connectivity index (χ1v) is 24.9. The molecular weight excluding hydrogens is 877 g/mol. The minimum atomic E-state index is -0.200. The quantitative estimate of drug-likeness (QED) is 0.0955. The van der Waals surface area contributed by atoms with Gasteiger partial charge in [-0.2, -0.15) is 0 Å². The van der Waals surface area contributed by atoms with Crippen molar-refractivity contribution >= 4 is 95.1 Å². The van der Waals surface area contributed by atoms with Crippen LogP contribution in [0.5, 0.6) is 0 Å². The van der Waals surface area contributed by atoms with E-state index in [1.165, 1.54) is 28.0 Å². The van der Waals surface area contributed by atoms with Gasteiger partial charge in [-0.25, -0.2) is 9.97 Å². The smallest absolute Gasteiger partial charge is 0.305 e. The number of para-hydroxylation sites is 2. The largest absolute Gasteiger partial charge is 0.469 e. The average molecular weight is 921 g/mol. The minimum Gasteiger partial charge on any atom is -0.469 e. The SMILES string of the molecule is CCCc1ccc(N(c2ccccc2)c2ccc(-c3ccc(-c4nc5sc(-c6ccc(-c7ccc(N(c8ccccc8)c8ccc(CCC(=O)OC)cc8)cc7)s6)nc5s4)s3)cc2)cc1. The Kier molecular flexibility index (Phi) is 12.5. The molecule has 0 saturated heterocycles. The van der Waals surface area contributed by atoms with Crippen molar-refractivity contribution in [2.24, 2.45) is 0 Å². The summed E-state index contributed by atoms with van der Waals surface area (Å²) in [6.45, 7) is 2.22. The van der Waals surface area contributed by atoms with E-state index in [1.807, 2.05) is 6.07 Å². The summed E-state index contributed by atoms with van der Waals surface area (Å²) in [6, 6.07) is 64.7. The fourth-order valence-electron chi connectivity index (χ4n) is 7.93. The fraction of sp³-hybridized carbons (Fsp3) is 0.109. The Morgan fingerprint density at radius 1 is 0.446 bits per heavy atom. The average Bonchev–Trinajstić information content (AvgIpc) is 4.19. The summed E-state index contributed by atoms with van der Waals surface area (Å²) in [5.41, 5.74) is 11.4. The van der Waals surface area contributed by atoms with Crippen LogP contribution in [0.4, 0.5) is 34.1 Å². The summed E-state index contributed by atoms with van der Waals surface area (Å²) < 4.78 is 4.83. The number of nitrogens with zero attached hydrogens (tertiary/aromatic N) is 4. The molecule has 0 aliphatic carbocycles. The van der Waals surface area contributed by atoms with Gasteiger partial charge >= 0.3 is 5.97 Å². The Morgan fingerprint density at radius 2 is 0.815 bits per heavy atom. The van der Waals surface area contributed by atoms with Gasteiger partial charge in [-0.05, 0) is 132 Å². The minimum absolute atomic E-state index is 0.200. The molecule has 0 amide bonds. The lowest BCUT2D eigenvalue weighted by molar-refractivity contribution is -0.140. The van der Waals surface area contributed by atoms with E-state index < -0.39 is 0 Å². The first-order valence-electron chi connectivity index (χ1n) is 21.6. The molecule has 4 aromatic heterocycles. The maximum atomic E-state index is 11.7. The van der Waals surface area contributed by atoms with Crippen LogP contribution in [0.25, 0.3) is 50.3 Å². The van der Waals surface area contributed by atoms with Crippen molar-refractivity contribution in [2.75, 3.05) is 16.9 Å². The van der Waals surface area contributed by atoms with Gasteiger partial charge in [0.2, 0.25) is 0 Å². The first kappa shape index (κ1) is 42.3. The number of carbonyl (C=O) groups excluding carboxylic acids is 1. The lowest BCUT2D eigenvalue weighted by Gasteiger charge is -2.25. The molecule has 0 N–H and O–H groups in total. The molecule has 0 bridgehead atoms. The number of benzene rings is 6. The molecule has 0 spiro atoms. The molecule has 0 aliphatic rings.